The summed E-state index contributed by atoms with van der Waals surface area (Å²) in [5.74, 6) is 0. The van der Waals surface area contributed by atoms with Crippen molar-refractivity contribution in [2.45, 2.75) is 57.7 Å². The molecular formula is C10H22O3. The Kier molecular flexibility index (Phi) is 8.40. The van der Waals surface area contributed by atoms with Crippen molar-refractivity contribution < 1.29 is 15.3 Å². The van der Waals surface area contributed by atoms with E-state index in [1.54, 1.807) is 0 Å². The maximum absolute atomic E-state index is 9.44. The summed E-state index contributed by atoms with van der Waals surface area (Å²) in [7, 11) is 0. The SMILES string of the molecule is CCCCC[C@H](O)[C@@H](O)CCCO. The standard InChI is InChI=1S/C10H22O3/c1-2-3-4-6-9(12)10(13)7-5-8-11/h9-13H,2-8H2,1H3/t9-,10-/m0/s1. The van der Waals surface area contributed by atoms with Crippen molar-refractivity contribution in [1.82, 2.24) is 0 Å². The molecule has 0 aliphatic carbocycles. The van der Waals surface area contributed by atoms with Gasteiger partial charge in [-0.15, -0.1) is 0 Å². The van der Waals surface area contributed by atoms with E-state index in [4.69, 9.17) is 5.11 Å². The average Bonchev–Trinajstić information content (AvgIpc) is 2.14. The molecule has 0 saturated heterocycles. The number of aliphatic hydroxyl groups is 3. The summed E-state index contributed by atoms with van der Waals surface area (Å²) in [6, 6.07) is 0. The molecule has 0 fully saturated rings. The van der Waals surface area contributed by atoms with Gasteiger partial charge < -0.3 is 15.3 Å². The normalized spacial score (nSPS) is 15.7. The summed E-state index contributed by atoms with van der Waals surface area (Å²) < 4.78 is 0. The van der Waals surface area contributed by atoms with Crippen molar-refractivity contribution in [3.63, 3.8) is 0 Å². The quantitative estimate of drug-likeness (QED) is 0.502. The van der Waals surface area contributed by atoms with E-state index < -0.39 is 12.2 Å². The summed E-state index contributed by atoms with van der Waals surface area (Å²) in [5.41, 5.74) is 0. The first-order chi connectivity index (χ1) is 6.22. The Morgan fingerprint density at radius 1 is 0.923 bits per heavy atom. The van der Waals surface area contributed by atoms with Crippen LogP contribution in [0.4, 0.5) is 0 Å². The van der Waals surface area contributed by atoms with Crippen molar-refractivity contribution >= 4 is 0 Å². The highest BCUT2D eigenvalue weighted by Crippen LogP contribution is 2.10. The molecule has 13 heavy (non-hydrogen) atoms. The zero-order valence-electron chi connectivity index (χ0n) is 8.45. The van der Waals surface area contributed by atoms with E-state index in [-0.39, 0.29) is 6.61 Å². The van der Waals surface area contributed by atoms with E-state index in [0.717, 1.165) is 19.3 Å². The van der Waals surface area contributed by atoms with Crippen LogP contribution in [0, 0.1) is 0 Å². The minimum atomic E-state index is -0.663. The summed E-state index contributed by atoms with van der Waals surface area (Å²) in [6.45, 7) is 2.19. The molecule has 3 heteroatoms. The lowest BCUT2D eigenvalue weighted by atomic mass is 10.0. The van der Waals surface area contributed by atoms with E-state index >= 15 is 0 Å². The van der Waals surface area contributed by atoms with Gasteiger partial charge in [-0.1, -0.05) is 26.2 Å². The molecule has 80 valence electrons. The predicted octanol–water partition coefficient (Wildman–Crippen LogP) is 1.06. The second-order valence-electron chi connectivity index (χ2n) is 3.50. The zero-order chi connectivity index (χ0) is 10.1. The van der Waals surface area contributed by atoms with Crippen molar-refractivity contribution in [3.8, 4) is 0 Å². The van der Waals surface area contributed by atoms with Gasteiger partial charge in [0.25, 0.3) is 0 Å². The predicted molar refractivity (Wildman–Crippen MR) is 52.5 cm³/mol. The third kappa shape index (κ3) is 6.99. The highest BCUT2D eigenvalue weighted by molar-refractivity contribution is 4.66. The molecule has 0 amide bonds. The number of unbranched alkanes of at least 4 members (excludes halogenated alkanes) is 2. The fraction of sp³-hybridized carbons (Fsp3) is 1.00. The number of rotatable bonds is 8. The molecule has 0 aliphatic heterocycles. The highest BCUT2D eigenvalue weighted by Gasteiger charge is 2.14. The first-order valence-electron chi connectivity index (χ1n) is 5.19. The van der Waals surface area contributed by atoms with E-state index in [1.807, 2.05) is 0 Å². The summed E-state index contributed by atoms with van der Waals surface area (Å²) in [5, 5.41) is 27.3. The lowest BCUT2D eigenvalue weighted by Gasteiger charge is -2.16. The summed E-state index contributed by atoms with van der Waals surface area (Å²) >= 11 is 0. The van der Waals surface area contributed by atoms with Crippen LogP contribution in [0.2, 0.25) is 0 Å². The van der Waals surface area contributed by atoms with Gasteiger partial charge in [0.1, 0.15) is 0 Å². The number of hydrogen-bond acceptors (Lipinski definition) is 3. The molecule has 0 aliphatic rings. The van der Waals surface area contributed by atoms with E-state index in [9.17, 15) is 10.2 Å². The highest BCUT2D eigenvalue weighted by atomic mass is 16.3. The van der Waals surface area contributed by atoms with Gasteiger partial charge in [0.05, 0.1) is 12.2 Å². The summed E-state index contributed by atoms with van der Waals surface area (Å²) in [4.78, 5) is 0. The van der Waals surface area contributed by atoms with Crippen LogP contribution in [0.15, 0.2) is 0 Å². The smallest absolute Gasteiger partial charge is 0.0800 e. The molecule has 0 bridgehead atoms. The van der Waals surface area contributed by atoms with Gasteiger partial charge in [-0.2, -0.15) is 0 Å². The van der Waals surface area contributed by atoms with Crippen LogP contribution in [0.5, 0.6) is 0 Å². The molecule has 3 nitrogen and oxygen atoms in total. The van der Waals surface area contributed by atoms with Crippen molar-refractivity contribution in [3.05, 3.63) is 0 Å². The van der Waals surface area contributed by atoms with Gasteiger partial charge in [-0.05, 0) is 19.3 Å². The van der Waals surface area contributed by atoms with Crippen LogP contribution in [-0.2, 0) is 0 Å². The molecule has 3 N–H and O–H groups in total. The molecule has 0 heterocycles. The minimum absolute atomic E-state index is 0.0821. The Morgan fingerprint density at radius 2 is 1.46 bits per heavy atom. The summed E-state index contributed by atoms with van der Waals surface area (Å²) in [6.07, 6.45) is 3.63. The minimum Gasteiger partial charge on any atom is -0.396 e. The monoisotopic (exact) mass is 190 g/mol. The third-order valence-electron chi connectivity index (χ3n) is 2.21. The molecular weight excluding hydrogens is 168 g/mol. The Morgan fingerprint density at radius 3 is 1.92 bits per heavy atom. The third-order valence-corrected chi connectivity index (χ3v) is 2.21. The van der Waals surface area contributed by atoms with Crippen molar-refractivity contribution in [2.24, 2.45) is 0 Å². The fourth-order valence-electron chi connectivity index (χ4n) is 1.29. The van der Waals surface area contributed by atoms with Crippen molar-refractivity contribution in [1.29, 1.82) is 0 Å². The number of hydrogen-bond donors (Lipinski definition) is 3. The van der Waals surface area contributed by atoms with Gasteiger partial charge in [-0.3, -0.25) is 0 Å². The van der Waals surface area contributed by atoms with Crippen LogP contribution in [0.25, 0.3) is 0 Å². The van der Waals surface area contributed by atoms with Gasteiger partial charge >= 0.3 is 0 Å². The first kappa shape index (κ1) is 12.9. The Balaban J connectivity index is 3.38. The Hall–Kier alpha value is -0.120. The Bertz CT molecular complexity index is 106. The molecule has 0 saturated carbocycles. The van der Waals surface area contributed by atoms with Crippen LogP contribution in [0.3, 0.4) is 0 Å². The molecule has 0 rings (SSSR count). The molecule has 0 aromatic rings. The van der Waals surface area contributed by atoms with Crippen LogP contribution >= 0.6 is 0 Å². The fourth-order valence-corrected chi connectivity index (χ4v) is 1.29. The van der Waals surface area contributed by atoms with Gasteiger partial charge in [-0.25, -0.2) is 0 Å². The van der Waals surface area contributed by atoms with E-state index in [2.05, 4.69) is 6.92 Å². The second kappa shape index (κ2) is 8.48. The Labute approximate surface area is 80.4 Å². The van der Waals surface area contributed by atoms with Gasteiger partial charge in [0, 0.05) is 6.61 Å². The second-order valence-corrected chi connectivity index (χ2v) is 3.50. The van der Waals surface area contributed by atoms with E-state index in [1.165, 1.54) is 0 Å². The maximum Gasteiger partial charge on any atom is 0.0800 e. The largest absolute Gasteiger partial charge is 0.396 e. The molecule has 0 aromatic heterocycles. The van der Waals surface area contributed by atoms with Crippen LogP contribution in [-0.4, -0.2) is 34.1 Å². The average molecular weight is 190 g/mol. The number of aliphatic hydroxyl groups excluding tert-OH is 3. The lowest BCUT2D eigenvalue weighted by Crippen LogP contribution is -2.25. The molecule has 0 spiro atoms. The van der Waals surface area contributed by atoms with Crippen LogP contribution in [0.1, 0.15) is 45.4 Å². The molecule has 0 radical (unpaired) electrons. The topological polar surface area (TPSA) is 60.7 Å². The first-order valence-corrected chi connectivity index (χ1v) is 5.19. The lowest BCUT2D eigenvalue weighted by molar-refractivity contribution is 0.00529. The molecule has 0 unspecified atom stereocenters. The van der Waals surface area contributed by atoms with Gasteiger partial charge in [0.15, 0.2) is 0 Å². The zero-order valence-corrected chi connectivity index (χ0v) is 8.45. The van der Waals surface area contributed by atoms with E-state index in [0.29, 0.717) is 19.3 Å². The molecule has 0 aromatic carbocycles. The van der Waals surface area contributed by atoms with Crippen molar-refractivity contribution in [2.75, 3.05) is 6.61 Å². The maximum atomic E-state index is 9.44. The van der Waals surface area contributed by atoms with Gasteiger partial charge in [0.2, 0.25) is 0 Å². The molecule has 2 atom stereocenters. The van der Waals surface area contributed by atoms with Crippen LogP contribution < -0.4 is 0 Å².